The van der Waals surface area contributed by atoms with Crippen LogP contribution in [0.4, 0.5) is 0 Å². The first-order chi connectivity index (χ1) is 22.2. The van der Waals surface area contributed by atoms with Gasteiger partial charge in [-0.05, 0) is 73.2 Å². The maximum absolute atomic E-state index is 13.7. The van der Waals surface area contributed by atoms with Gasteiger partial charge in [0.2, 0.25) is 17.6 Å². The van der Waals surface area contributed by atoms with Gasteiger partial charge in [-0.3, -0.25) is 24.0 Å². The van der Waals surface area contributed by atoms with Gasteiger partial charge in [0.15, 0.2) is 0 Å². The summed E-state index contributed by atoms with van der Waals surface area (Å²) in [5, 5.41) is 5.83. The largest absolute Gasteiger partial charge is 0.442 e. The van der Waals surface area contributed by atoms with E-state index in [0.29, 0.717) is 24.4 Å². The monoisotopic (exact) mass is 685 g/mol. The van der Waals surface area contributed by atoms with Crippen molar-refractivity contribution in [2.45, 2.75) is 63.6 Å². The van der Waals surface area contributed by atoms with Gasteiger partial charge in [0, 0.05) is 22.7 Å². The summed E-state index contributed by atoms with van der Waals surface area (Å²) in [5.41, 5.74) is 0.114. The second kappa shape index (κ2) is 14.9. The van der Waals surface area contributed by atoms with E-state index in [1.165, 1.54) is 65.9 Å². The summed E-state index contributed by atoms with van der Waals surface area (Å²) in [7, 11) is -4.16. The molecule has 1 aliphatic rings. The number of hydrogen-bond acceptors (Lipinski definition) is 9. The molecule has 1 aliphatic heterocycles. The molecule has 0 spiro atoms. The lowest BCUT2D eigenvalue weighted by Crippen LogP contribution is -2.57. The van der Waals surface area contributed by atoms with E-state index in [1.807, 2.05) is 4.72 Å². The van der Waals surface area contributed by atoms with E-state index in [9.17, 15) is 32.4 Å². The predicted octanol–water partition coefficient (Wildman–Crippen LogP) is 3.22. The zero-order valence-corrected chi connectivity index (χ0v) is 27.8. The van der Waals surface area contributed by atoms with Gasteiger partial charge >= 0.3 is 0 Å². The Kier molecular flexibility index (Phi) is 11.2. The Labute approximate surface area is 277 Å². The number of carbonyl (C=O) groups is 5. The lowest BCUT2D eigenvalue weighted by Gasteiger charge is -2.31. The number of hydrogen-bond donors (Lipinski definition) is 3. The van der Waals surface area contributed by atoms with Gasteiger partial charge in [-0.2, -0.15) is 0 Å². The van der Waals surface area contributed by atoms with E-state index in [-0.39, 0.29) is 33.7 Å². The van der Waals surface area contributed by atoms with Crippen LogP contribution in [0.15, 0.2) is 70.3 Å². The first-order valence-corrected chi connectivity index (χ1v) is 16.8. The Bertz CT molecular complexity index is 1730. The van der Waals surface area contributed by atoms with Crippen LogP contribution in [0.3, 0.4) is 0 Å². The summed E-state index contributed by atoms with van der Waals surface area (Å²) in [4.78, 5) is 71.0. The number of sulfonamides is 1. The molecule has 1 saturated heterocycles. The quantitative estimate of drug-likeness (QED) is 0.241. The second-order valence-electron chi connectivity index (χ2n) is 11.8. The molecule has 0 aliphatic carbocycles. The number of oxazole rings is 1. The molecule has 4 rings (SSSR count). The molecule has 0 saturated carbocycles. The van der Waals surface area contributed by atoms with Gasteiger partial charge in [-0.1, -0.05) is 39.3 Å². The summed E-state index contributed by atoms with van der Waals surface area (Å²) in [6.45, 7) is 7.35. The summed E-state index contributed by atoms with van der Waals surface area (Å²) in [6, 6.07) is 7.80. The van der Waals surface area contributed by atoms with Gasteiger partial charge in [0.1, 0.15) is 18.3 Å². The average Bonchev–Trinajstić information content (AvgIpc) is 3.75. The summed E-state index contributed by atoms with van der Waals surface area (Å²) >= 11 is 5.80. The molecule has 3 N–H and O–H groups in total. The molecule has 1 fully saturated rings. The maximum Gasteiger partial charge on any atom is 0.265 e. The predicted molar refractivity (Wildman–Crippen MR) is 171 cm³/mol. The molecular weight excluding hydrogens is 650 g/mol. The number of ketones is 1. The lowest BCUT2D eigenvalue weighted by molar-refractivity contribution is -0.140. The van der Waals surface area contributed by atoms with Crippen molar-refractivity contribution in [1.82, 2.24) is 25.2 Å². The number of benzene rings is 2. The number of likely N-dealkylation sites (tertiary alicyclic amines) is 1. The molecule has 1 aromatic heterocycles. The number of nitrogens with one attached hydrogen (secondary N) is 3. The van der Waals surface area contributed by atoms with Gasteiger partial charge < -0.3 is 20.0 Å². The number of halogens is 1. The molecule has 0 radical (unpaired) electrons. The molecule has 4 amide bonds. The minimum absolute atomic E-state index is 0.0116. The van der Waals surface area contributed by atoms with Crippen molar-refractivity contribution in [3.63, 3.8) is 0 Å². The minimum atomic E-state index is -4.16. The molecule has 47 heavy (non-hydrogen) atoms. The highest BCUT2D eigenvalue weighted by atomic mass is 35.5. The van der Waals surface area contributed by atoms with Crippen molar-refractivity contribution < 1.29 is 36.8 Å². The van der Waals surface area contributed by atoms with Crippen LogP contribution in [0, 0.1) is 11.8 Å². The Hall–Kier alpha value is -4.56. The zero-order chi connectivity index (χ0) is 34.5. The first kappa shape index (κ1) is 35.3. The molecule has 3 aromatic rings. The summed E-state index contributed by atoms with van der Waals surface area (Å²) in [5.74, 6) is -3.68. The van der Waals surface area contributed by atoms with Gasteiger partial charge in [-0.15, -0.1) is 0 Å². The van der Waals surface area contributed by atoms with Crippen molar-refractivity contribution in [2.75, 3.05) is 6.54 Å². The minimum Gasteiger partial charge on any atom is -0.442 e. The molecule has 13 nitrogen and oxygen atoms in total. The van der Waals surface area contributed by atoms with E-state index < -0.39 is 57.6 Å². The molecule has 15 heteroatoms. The smallest absolute Gasteiger partial charge is 0.265 e. The van der Waals surface area contributed by atoms with Crippen LogP contribution >= 0.6 is 11.6 Å². The van der Waals surface area contributed by atoms with Crippen LogP contribution in [0.5, 0.6) is 0 Å². The van der Waals surface area contributed by atoms with Crippen LogP contribution in [-0.2, 0) is 19.6 Å². The molecule has 0 bridgehead atoms. The van der Waals surface area contributed by atoms with Crippen molar-refractivity contribution in [3.05, 3.63) is 83.0 Å². The van der Waals surface area contributed by atoms with Crippen molar-refractivity contribution in [2.24, 2.45) is 11.8 Å². The number of rotatable bonds is 12. The maximum atomic E-state index is 13.7. The third-order valence-electron chi connectivity index (χ3n) is 7.71. The molecular formula is C32H36ClN5O8S. The molecule has 2 aromatic carbocycles. The van der Waals surface area contributed by atoms with Gasteiger partial charge in [-0.25, -0.2) is 18.1 Å². The van der Waals surface area contributed by atoms with Crippen LogP contribution in [0.2, 0.25) is 5.02 Å². The number of amides is 4. The average molecular weight is 686 g/mol. The highest BCUT2D eigenvalue weighted by molar-refractivity contribution is 7.90. The third-order valence-corrected chi connectivity index (χ3v) is 9.31. The zero-order valence-electron chi connectivity index (χ0n) is 26.2. The molecule has 3 atom stereocenters. The van der Waals surface area contributed by atoms with E-state index in [4.69, 9.17) is 16.0 Å². The number of aromatic nitrogens is 1. The Morgan fingerprint density at radius 3 is 2.02 bits per heavy atom. The standard InChI is InChI=1S/C32H36ClN5O8S/c1-18(2)25(27(39)31-34-15-17-46-31)35-30(42)24-6-5-16-38(24)32(43)26(19(3)4)36-28(40)20-7-9-21(10-8-20)29(41)37-47(44,45)23-13-11-22(33)12-14-23/h7-15,17-19,24-26H,5-6,16H2,1-4H3,(H,35,42)(H,36,40)(H,37,41). The lowest BCUT2D eigenvalue weighted by atomic mass is 9.98. The number of carbonyl (C=O) groups excluding carboxylic acids is 5. The van der Waals surface area contributed by atoms with Crippen molar-refractivity contribution in [1.29, 1.82) is 0 Å². The van der Waals surface area contributed by atoms with Crippen molar-refractivity contribution >= 4 is 51.0 Å². The summed E-state index contributed by atoms with van der Waals surface area (Å²) < 4.78 is 32.2. The highest BCUT2D eigenvalue weighted by Crippen LogP contribution is 2.22. The fourth-order valence-corrected chi connectivity index (χ4v) is 6.21. The Morgan fingerprint density at radius 1 is 0.872 bits per heavy atom. The van der Waals surface area contributed by atoms with Crippen LogP contribution in [-0.4, -0.2) is 72.4 Å². The van der Waals surface area contributed by atoms with Gasteiger partial charge in [0.25, 0.3) is 27.7 Å². The SMILES string of the molecule is CC(C)C(NC(=O)C1CCCN1C(=O)C(NC(=O)c1ccc(C(=O)NS(=O)(=O)c2ccc(Cl)cc2)cc1)C(C)C)C(=O)c1ncco1. The molecule has 2 heterocycles. The number of nitrogens with zero attached hydrogens (tertiary/aromatic N) is 2. The third kappa shape index (κ3) is 8.43. The van der Waals surface area contributed by atoms with Gasteiger partial charge in [0.05, 0.1) is 17.1 Å². The first-order valence-electron chi connectivity index (χ1n) is 15.0. The van der Waals surface area contributed by atoms with Crippen LogP contribution in [0.1, 0.15) is 71.9 Å². The topological polar surface area (TPSA) is 185 Å². The summed E-state index contributed by atoms with van der Waals surface area (Å²) in [6.07, 6.45) is 3.55. The van der Waals surface area contributed by atoms with Crippen molar-refractivity contribution in [3.8, 4) is 0 Å². The van der Waals surface area contributed by atoms with E-state index in [1.54, 1.807) is 27.7 Å². The molecule has 3 unspecified atom stereocenters. The van der Waals surface area contributed by atoms with E-state index in [0.717, 1.165) is 0 Å². The fraction of sp³-hybridized carbons (Fsp3) is 0.375. The fourth-order valence-electron chi connectivity index (χ4n) is 5.11. The van der Waals surface area contributed by atoms with E-state index in [2.05, 4.69) is 15.6 Å². The van der Waals surface area contributed by atoms with E-state index >= 15 is 0 Å². The molecule has 250 valence electrons. The number of Topliss-reactive ketones (excluding diaryl/α,β-unsaturated/α-hetero) is 1. The van der Waals surface area contributed by atoms with Crippen LogP contribution in [0.25, 0.3) is 0 Å². The normalized spacial score (nSPS) is 16.1. The van der Waals surface area contributed by atoms with Crippen LogP contribution < -0.4 is 15.4 Å². The second-order valence-corrected chi connectivity index (χ2v) is 13.9. The Morgan fingerprint density at radius 2 is 1.47 bits per heavy atom. The Balaban J connectivity index is 1.41. The highest BCUT2D eigenvalue weighted by Gasteiger charge is 2.40.